The summed E-state index contributed by atoms with van der Waals surface area (Å²) in [7, 11) is 10.4. The summed E-state index contributed by atoms with van der Waals surface area (Å²) < 4.78 is 87.8. The van der Waals surface area contributed by atoms with Gasteiger partial charge in [0, 0.05) is 52.6 Å². The molecule has 0 bridgehead atoms. The van der Waals surface area contributed by atoms with Crippen LogP contribution in [0.15, 0.2) is 310 Å². The van der Waals surface area contributed by atoms with Crippen LogP contribution in [0.5, 0.6) is 0 Å². The molecule has 5 heteroatoms. The van der Waals surface area contributed by atoms with Crippen LogP contribution < -0.4 is 22.8 Å². The Morgan fingerprint density at radius 3 is 1.06 bits per heavy atom. The molecule has 5 nitrogen and oxygen atoms in total. The third-order valence-electron chi connectivity index (χ3n) is 34.4. The number of nitrogens with zero attached hydrogens (tertiary/aromatic N) is 5. The third kappa shape index (κ3) is 13.9. The van der Waals surface area contributed by atoms with Gasteiger partial charge in [-0.25, -0.2) is 22.8 Å². The van der Waals surface area contributed by atoms with Crippen molar-refractivity contribution in [1.29, 1.82) is 0 Å². The van der Waals surface area contributed by atoms with Crippen LogP contribution in [0.1, 0.15) is 203 Å². The Kier molecular flexibility index (Phi) is 19.1. The summed E-state index contributed by atoms with van der Waals surface area (Å²) in [6.07, 6.45) is 13.0. The van der Waals surface area contributed by atoms with Crippen molar-refractivity contribution in [3.63, 3.8) is 0 Å². The minimum Gasteiger partial charge on any atom is -0.200 e. The lowest BCUT2D eigenvalue weighted by atomic mass is 9.54. The summed E-state index contributed by atoms with van der Waals surface area (Å²) in [5.74, 6) is -0.680. The lowest BCUT2D eigenvalue weighted by Crippen LogP contribution is -2.49. The Bertz CT molecular complexity index is 10200. The van der Waals surface area contributed by atoms with E-state index in [9.17, 15) is 2.74 Å². The number of hydrogen-bond acceptors (Lipinski definition) is 0. The van der Waals surface area contributed by atoms with Crippen molar-refractivity contribution < 1.29 is 35.2 Å². The molecule has 0 N–H and O–H groups in total. The average Bonchev–Trinajstić information content (AvgIpc) is 0.757. The first-order chi connectivity index (χ1) is 73.8. The van der Waals surface area contributed by atoms with E-state index in [1.54, 1.807) is 12.4 Å². The highest BCUT2D eigenvalue weighted by molar-refractivity contribution is 6.30. The summed E-state index contributed by atoms with van der Waals surface area (Å²) in [5.41, 5.74) is 45.0. The van der Waals surface area contributed by atoms with Crippen LogP contribution in [0.3, 0.4) is 0 Å². The normalized spacial score (nSPS) is 15.0. The van der Waals surface area contributed by atoms with Crippen LogP contribution in [-0.4, -0.2) is 0 Å². The molecule has 0 aliphatic heterocycles. The van der Waals surface area contributed by atoms with E-state index in [1.807, 2.05) is 70.0 Å². The molecular weight excluding hydrogens is 1760 g/mol. The maximum absolute atomic E-state index is 9.42. The summed E-state index contributed by atoms with van der Waals surface area (Å²) in [5, 5.41) is 25.8. The molecular formula is C141H130N5+5. The topological polar surface area (TPSA) is 19.4 Å². The van der Waals surface area contributed by atoms with E-state index in [1.165, 1.54) is 264 Å². The maximum atomic E-state index is 9.42. The molecule has 0 atom stereocenters. The molecule has 146 heavy (non-hydrogen) atoms. The Morgan fingerprint density at radius 2 is 0.644 bits per heavy atom. The summed E-state index contributed by atoms with van der Waals surface area (Å²) in [6, 6.07) is 101. The third-order valence-corrected chi connectivity index (χ3v) is 34.4. The molecule has 5 heterocycles. The van der Waals surface area contributed by atoms with Crippen molar-refractivity contribution in [1.82, 2.24) is 0 Å². The Balaban J connectivity index is 0.0000000998. The van der Waals surface area contributed by atoms with Gasteiger partial charge in [-0.1, -0.05) is 287 Å². The molecule has 18 aromatic carbocycles. The van der Waals surface area contributed by atoms with Gasteiger partial charge in [-0.2, -0.15) is 0 Å². The lowest BCUT2D eigenvalue weighted by Gasteiger charge is -2.48. The number of benzene rings is 18. The van der Waals surface area contributed by atoms with E-state index >= 15 is 0 Å². The zero-order valence-corrected chi connectivity index (χ0v) is 87.7. The minimum atomic E-state index is -2.45. The minimum absolute atomic E-state index is 0.107. The maximum Gasteiger partial charge on any atom is 0.221 e. The molecule has 0 saturated carbocycles. The molecule has 29 rings (SSSR count). The van der Waals surface area contributed by atoms with Crippen molar-refractivity contribution in [2.75, 3.05) is 0 Å². The van der Waals surface area contributed by atoms with Crippen LogP contribution in [0, 0.1) is 60.7 Å². The fraction of sp³-hybridized carbons (Fsp3) is 0.227. The van der Waals surface area contributed by atoms with Crippen LogP contribution in [0.4, 0.5) is 0 Å². The van der Waals surface area contributed by atoms with Gasteiger partial charge in [0.25, 0.3) is 0 Å². The molecule has 0 amide bonds. The molecule has 714 valence electrons. The highest BCUT2D eigenvalue weighted by Crippen LogP contribution is 2.60. The van der Waals surface area contributed by atoms with Crippen molar-refractivity contribution >= 4 is 130 Å². The quantitative estimate of drug-likeness (QED) is 0.121. The van der Waals surface area contributed by atoms with Crippen molar-refractivity contribution in [3.05, 3.63) is 432 Å². The highest BCUT2D eigenvalue weighted by Gasteiger charge is 2.52. The van der Waals surface area contributed by atoms with Gasteiger partial charge < -0.3 is 0 Å². The van der Waals surface area contributed by atoms with Crippen LogP contribution >= 0.6 is 0 Å². The fourth-order valence-corrected chi connectivity index (χ4v) is 27.5. The Hall–Kier alpha value is -15.2. The second kappa shape index (κ2) is 34.0. The molecule has 6 aliphatic carbocycles. The molecule has 0 unspecified atom stereocenters. The van der Waals surface area contributed by atoms with E-state index in [2.05, 4.69) is 390 Å². The zero-order chi connectivity index (χ0) is 108. The van der Waals surface area contributed by atoms with Gasteiger partial charge in [0.1, 0.15) is 35.2 Å². The zero-order valence-electron chi connectivity index (χ0n) is 96.7. The predicted molar refractivity (Wildman–Crippen MR) is 616 cm³/mol. The monoisotopic (exact) mass is 1900 g/mol. The van der Waals surface area contributed by atoms with Gasteiger partial charge in [-0.05, 0) is 373 Å². The number of fused-ring (bicyclic) bond motifs is 42. The fourth-order valence-electron chi connectivity index (χ4n) is 27.5. The second-order valence-electron chi connectivity index (χ2n) is 44.9. The number of aryl methyl sites for hydroxylation is 12. The van der Waals surface area contributed by atoms with Gasteiger partial charge in [-0.3, -0.25) is 0 Å². The smallest absolute Gasteiger partial charge is 0.200 e. The van der Waals surface area contributed by atoms with Crippen molar-refractivity contribution in [2.24, 2.45) is 40.7 Å². The first kappa shape index (κ1) is 82.2. The van der Waals surface area contributed by atoms with Gasteiger partial charge in [0.15, 0.2) is 31.0 Å². The Labute approximate surface area is 872 Å². The standard InChI is InChI=1S/C32H40N.C29H26N.2C27H22N.C26H20N/c1-19-18-33(10)29-27-20(2)26-22(15-21-13-11-12-14-23(21)26)16-25(27)31(6,7)32(8,9)28(29)24(19)17-30(3,4)5;1-17(2)21-13-14-30(4)29-27-18(3)26-20(15-19-9-5-6-10-22(19)26)16-25(27)23-11-7-8-12-24(23)28(21)29;1-16-12-24-22-11-7-6-10-21(22)23-14-19-13-18-8-4-5-9-20(18)25(19)17(2)26(23)27(24)28(3)15-16;1-16-12-13-28(3)27-24(16)22-11-7-6-10-21(22)23-15-19-14-18-8-4-5-9-20(18)25(19)17(2)26(23)27;1-16-24-18(14-17-8-3-4-9-19(17)24)15-23-21-11-6-5-10-20(21)22-12-7-13-27(2)26(22)25(16)23/h11-14,16,18H,15,17H2,1-10H3;5-14,16-17H,15H2,1-4H3;4-12,14-15H,13H2,1-3H3;4-13,15H,14H2,1-3H3;3-13,15H,14H2,1-2H3/q5*+1/i1D3,17D2;17D;1D3;;. The first-order valence-corrected chi connectivity index (χ1v) is 52.1. The van der Waals surface area contributed by atoms with Gasteiger partial charge >= 0.3 is 0 Å². The summed E-state index contributed by atoms with van der Waals surface area (Å²) >= 11 is 0. The molecule has 23 aromatic rings. The highest BCUT2D eigenvalue weighted by atomic mass is 14.9. The molecule has 5 aromatic heterocycles. The van der Waals surface area contributed by atoms with Crippen LogP contribution in [-0.2, 0) is 84.5 Å². The number of hydrogen-bond donors (Lipinski definition) is 0. The van der Waals surface area contributed by atoms with Gasteiger partial charge in [0.05, 0.1) is 48.7 Å². The summed E-state index contributed by atoms with van der Waals surface area (Å²) in [6.45, 7) is 27.3. The van der Waals surface area contributed by atoms with Crippen LogP contribution in [0.25, 0.3) is 197 Å². The molecule has 0 radical (unpaired) electrons. The van der Waals surface area contributed by atoms with E-state index < -0.39 is 36.8 Å². The average molecular weight is 1900 g/mol. The molecule has 0 spiro atoms. The first-order valence-electron chi connectivity index (χ1n) is 56.6. The summed E-state index contributed by atoms with van der Waals surface area (Å²) in [4.78, 5) is 0. The number of rotatable bonds is 2. The van der Waals surface area contributed by atoms with Crippen LogP contribution in [0.2, 0.25) is 0 Å². The van der Waals surface area contributed by atoms with E-state index in [0.29, 0.717) is 11.1 Å². The Morgan fingerprint density at radius 1 is 0.301 bits per heavy atom. The molecule has 0 fully saturated rings. The van der Waals surface area contributed by atoms with E-state index in [4.69, 9.17) is 9.60 Å². The van der Waals surface area contributed by atoms with E-state index in [-0.39, 0.29) is 11.0 Å². The van der Waals surface area contributed by atoms with Gasteiger partial charge in [-0.15, -0.1) is 0 Å². The molecule has 0 saturated heterocycles. The second-order valence-corrected chi connectivity index (χ2v) is 44.9. The molecule has 6 aliphatic rings. The van der Waals surface area contributed by atoms with E-state index in [0.717, 1.165) is 70.8 Å². The number of pyridine rings is 5. The van der Waals surface area contributed by atoms with Gasteiger partial charge in [0.2, 0.25) is 27.8 Å². The number of aromatic nitrogens is 5. The predicted octanol–water partition coefficient (Wildman–Crippen LogP) is 32.7. The SMILES string of the molecule is Cc1c2c(cc3c4ccccc4c4ccc[n+](C)c4c13)Cc1ccccc1-2.Cc1cc[n+](C)c2c1c1ccccc1c1cc3c(c(C)c12)-c1ccccc1C3.[2H]C(C)(C)c1cc[n+](C)c2c1c1ccccc1c1cc3c(c(C)c12)-c1ccccc1C3.[2H]C([2H])([2H])c1c[n+](C)c2c(c1C([2H])([2H])C(C)(C)C)C(C)(C)C(C)(C)c1cc3c(c(C)c1-2)-c1ccccc1C3.[2H]C([2H])([2H])c1cc2c3ccccc3c3cc4c(c(C)c3c2[n+](C)c1)-c1ccccc1C4. The lowest BCUT2D eigenvalue weighted by molar-refractivity contribution is -0.661. The largest absolute Gasteiger partial charge is 0.221 e. The van der Waals surface area contributed by atoms with Crippen molar-refractivity contribution in [2.45, 2.75) is 173 Å². The van der Waals surface area contributed by atoms with Crippen molar-refractivity contribution in [3.8, 4) is 66.9 Å².